The summed E-state index contributed by atoms with van der Waals surface area (Å²) in [4.78, 5) is 7.77. The Morgan fingerprint density at radius 2 is 1.89 bits per heavy atom. The van der Waals surface area contributed by atoms with Crippen LogP contribution in [0.3, 0.4) is 0 Å². The summed E-state index contributed by atoms with van der Waals surface area (Å²) in [6.45, 7) is 0. The van der Waals surface area contributed by atoms with Crippen molar-refractivity contribution in [1.82, 2.24) is 14.5 Å². The van der Waals surface area contributed by atoms with Gasteiger partial charge in [-0.3, -0.25) is 4.57 Å². The number of hydrogen-bond acceptors (Lipinski definition) is 2. The molecule has 1 aliphatic carbocycles. The van der Waals surface area contributed by atoms with E-state index in [1.807, 2.05) is 12.3 Å². The predicted octanol–water partition coefficient (Wildman–Crippen LogP) is 4.38. The molecule has 0 aromatic carbocycles. The SMILES string of the molecule is S=c1[nH]c2cccnc2n1C1CCCCCCC1. The van der Waals surface area contributed by atoms with Crippen molar-refractivity contribution in [2.45, 2.75) is 51.0 Å². The second kappa shape index (κ2) is 5.22. The highest BCUT2D eigenvalue weighted by atomic mass is 32.1. The number of nitrogens with zero attached hydrogens (tertiary/aromatic N) is 2. The molecule has 96 valence electrons. The molecule has 0 radical (unpaired) electrons. The highest BCUT2D eigenvalue weighted by molar-refractivity contribution is 7.71. The Bertz CT molecular complexity index is 576. The Hall–Kier alpha value is -1.16. The van der Waals surface area contributed by atoms with Crippen LogP contribution < -0.4 is 0 Å². The zero-order valence-electron chi connectivity index (χ0n) is 10.6. The number of nitrogens with one attached hydrogen (secondary N) is 1. The Labute approximate surface area is 112 Å². The Kier molecular flexibility index (Phi) is 3.46. The first kappa shape index (κ1) is 11.9. The van der Waals surface area contributed by atoms with Gasteiger partial charge in [-0.1, -0.05) is 32.1 Å². The minimum atomic E-state index is 0.529. The topological polar surface area (TPSA) is 33.6 Å². The van der Waals surface area contributed by atoms with Gasteiger partial charge in [-0.2, -0.15) is 0 Å². The number of aromatic nitrogens is 3. The van der Waals surface area contributed by atoms with Crippen molar-refractivity contribution in [2.24, 2.45) is 0 Å². The molecule has 3 rings (SSSR count). The van der Waals surface area contributed by atoms with E-state index in [9.17, 15) is 0 Å². The summed E-state index contributed by atoms with van der Waals surface area (Å²) in [7, 11) is 0. The van der Waals surface area contributed by atoms with Gasteiger partial charge >= 0.3 is 0 Å². The quantitative estimate of drug-likeness (QED) is 0.773. The normalized spacial score (nSPS) is 18.7. The maximum atomic E-state index is 5.48. The summed E-state index contributed by atoms with van der Waals surface area (Å²) < 4.78 is 3.07. The number of hydrogen-bond donors (Lipinski definition) is 1. The van der Waals surface area contributed by atoms with Crippen LogP contribution in [0.4, 0.5) is 0 Å². The van der Waals surface area contributed by atoms with Gasteiger partial charge in [0.05, 0.1) is 5.52 Å². The summed E-state index contributed by atoms with van der Waals surface area (Å²) in [5, 5.41) is 0. The number of rotatable bonds is 1. The van der Waals surface area contributed by atoms with Gasteiger partial charge in [0, 0.05) is 12.2 Å². The van der Waals surface area contributed by atoms with E-state index in [0.29, 0.717) is 6.04 Å². The van der Waals surface area contributed by atoms with Crippen LogP contribution >= 0.6 is 12.2 Å². The first-order chi connectivity index (χ1) is 8.86. The minimum absolute atomic E-state index is 0.529. The number of pyridine rings is 1. The van der Waals surface area contributed by atoms with Crippen LogP contribution in [0.2, 0.25) is 0 Å². The van der Waals surface area contributed by atoms with E-state index in [-0.39, 0.29) is 0 Å². The fraction of sp³-hybridized carbons (Fsp3) is 0.571. The molecular weight excluding hydrogens is 242 g/mol. The molecule has 0 unspecified atom stereocenters. The highest BCUT2D eigenvalue weighted by Gasteiger charge is 2.17. The molecule has 1 saturated carbocycles. The number of aromatic amines is 1. The van der Waals surface area contributed by atoms with Gasteiger partial charge in [0.1, 0.15) is 0 Å². The van der Waals surface area contributed by atoms with Crippen LogP contribution in [-0.2, 0) is 0 Å². The third kappa shape index (κ3) is 2.21. The molecule has 4 heteroatoms. The summed E-state index contributed by atoms with van der Waals surface area (Å²) in [5.41, 5.74) is 2.08. The van der Waals surface area contributed by atoms with Crippen molar-refractivity contribution in [3.63, 3.8) is 0 Å². The lowest BCUT2D eigenvalue weighted by Gasteiger charge is -2.21. The maximum Gasteiger partial charge on any atom is 0.179 e. The van der Waals surface area contributed by atoms with Gasteiger partial charge in [-0.15, -0.1) is 0 Å². The van der Waals surface area contributed by atoms with Crippen molar-refractivity contribution < 1.29 is 0 Å². The second-order valence-corrected chi connectivity index (χ2v) is 5.56. The molecule has 3 nitrogen and oxygen atoms in total. The molecular formula is C14H19N3S. The lowest BCUT2D eigenvalue weighted by atomic mass is 9.96. The Morgan fingerprint density at radius 1 is 1.17 bits per heavy atom. The molecule has 0 aliphatic heterocycles. The van der Waals surface area contributed by atoms with Crippen LogP contribution in [0.25, 0.3) is 11.2 Å². The average Bonchev–Trinajstić information content (AvgIpc) is 2.65. The van der Waals surface area contributed by atoms with Gasteiger partial charge in [0.15, 0.2) is 10.4 Å². The van der Waals surface area contributed by atoms with Crippen LogP contribution in [-0.4, -0.2) is 14.5 Å². The van der Waals surface area contributed by atoms with E-state index in [2.05, 4.69) is 20.6 Å². The van der Waals surface area contributed by atoms with E-state index in [1.54, 1.807) is 0 Å². The summed E-state index contributed by atoms with van der Waals surface area (Å²) in [6.07, 6.45) is 11.1. The molecule has 18 heavy (non-hydrogen) atoms. The summed E-state index contributed by atoms with van der Waals surface area (Å²) in [5.74, 6) is 0. The molecule has 2 heterocycles. The lowest BCUT2D eigenvalue weighted by Crippen LogP contribution is -2.11. The second-order valence-electron chi connectivity index (χ2n) is 5.17. The van der Waals surface area contributed by atoms with Gasteiger partial charge in [0.25, 0.3) is 0 Å². The third-order valence-corrected chi connectivity index (χ3v) is 4.21. The van der Waals surface area contributed by atoms with E-state index >= 15 is 0 Å². The van der Waals surface area contributed by atoms with Crippen molar-refractivity contribution in [2.75, 3.05) is 0 Å². The fourth-order valence-corrected chi connectivity index (χ4v) is 3.34. The molecule has 2 aromatic heterocycles. The van der Waals surface area contributed by atoms with E-state index < -0.39 is 0 Å². The maximum absolute atomic E-state index is 5.48. The van der Waals surface area contributed by atoms with E-state index in [1.165, 1.54) is 44.9 Å². The molecule has 0 saturated heterocycles. The van der Waals surface area contributed by atoms with Crippen LogP contribution in [0.1, 0.15) is 51.0 Å². The monoisotopic (exact) mass is 261 g/mol. The largest absolute Gasteiger partial charge is 0.329 e. The molecule has 0 atom stereocenters. The zero-order valence-corrected chi connectivity index (χ0v) is 11.4. The molecule has 1 N–H and O–H groups in total. The molecule has 1 aliphatic rings. The van der Waals surface area contributed by atoms with Crippen LogP contribution in [0.15, 0.2) is 18.3 Å². The Balaban J connectivity index is 2.01. The van der Waals surface area contributed by atoms with Crippen molar-refractivity contribution in [3.8, 4) is 0 Å². The van der Waals surface area contributed by atoms with Gasteiger partial charge < -0.3 is 4.98 Å². The Morgan fingerprint density at radius 3 is 2.67 bits per heavy atom. The van der Waals surface area contributed by atoms with Crippen molar-refractivity contribution in [1.29, 1.82) is 0 Å². The summed E-state index contributed by atoms with van der Waals surface area (Å²) in [6, 6.07) is 4.54. The summed E-state index contributed by atoms with van der Waals surface area (Å²) >= 11 is 5.48. The first-order valence-electron chi connectivity index (χ1n) is 6.91. The minimum Gasteiger partial charge on any atom is -0.329 e. The van der Waals surface area contributed by atoms with E-state index in [4.69, 9.17) is 12.2 Å². The molecule has 0 amide bonds. The average molecular weight is 261 g/mol. The smallest absolute Gasteiger partial charge is 0.179 e. The van der Waals surface area contributed by atoms with E-state index in [0.717, 1.165) is 15.9 Å². The van der Waals surface area contributed by atoms with Gasteiger partial charge in [0.2, 0.25) is 0 Å². The number of imidazole rings is 1. The molecule has 1 fully saturated rings. The third-order valence-electron chi connectivity index (χ3n) is 3.92. The van der Waals surface area contributed by atoms with Crippen LogP contribution in [0, 0.1) is 4.77 Å². The van der Waals surface area contributed by atoms with Gasteiger partial charge in [-0.25, -0.2) is 4.98 Å². The molecule has 0 spiro atoms. The van der Waals surface area contributed by atoms with Crippen molar-refractivity contribution in [3.05, 3.63) is 23.1 Å². The molecule has 0 bridgehead atoms. The van der Waals surface area contributed by atoms with Crippen molar-refractivity contribution >= 4 is 23.4 Å². The lowest BCUT2D eigenvalue weighted by molar-refractivity contribution is 0.374. The van der Waals surface area contributed by atoms with Gasteiger partial charge in [-0.05, 0) is 37.2 Å². The first-order valence-corrected chi connectivity index (χ1v) is 7.32. The highest BCUT2D eigenvalue weighted by Crippen LogP contribution is 2.29. The van der Waals surface area contributed by atoms with Crippen LogP contribution in [0.5, 0.6) is 0 Å². The zero-order chi connectivity index (χ0) is 12.4. The molecule has 2 aromatic rings. The predicted molar refractivity (Wildman–Crippen MR) is 76.3 cm³/mol. The fourth-order valence-electron chi connectivity index (χ4n) is 2.99. The standard InChI is InChI=1S/C14H19N3S/c18-14-16-12-9-6-10-15-13(12)17(14)11-7-4-2-1-3-5-8-11/h6,9-11H,1-5,7-8H2,(H,16,18). The number of H-pyrrole nitrogens is 1. The number of fused-ring (bicyclic) bond motifs is 1.